The molecule has 0 bridgehead atoms. The van der Waals surface area contributed by atoms with Gasteiger partial charge < -0.3 is 15.0 Å². The lowest BCUT2D eigenvalue weighted by atomic mass is 10.2. The van der Waals surface area contributed by atoms with Crippen molar-refractivity contribution in [1.82, 2.24) is 5.32 Å². The summed E-state index contributed by atoms with van der Waals surface area (Å²) in [5.41, 5.74) is 1.09. The summed E-state index contributed by atoms with van der Waals surface area (Å²) in [7, 11) is 1.98. The molecule has 1 rings (SSSR count). The van der Waals surface area contributed by atoms with Crippen LogP contribution < -0.4 is 10.2 Å². The van der Waals surface area contributed by atoms with Gasteiger partial charge in [0.2, 0.25) is 0 Å². The third-order valence-electron chi connectivity index (χ3n) is 2.87. The molecule has 0 aliphatic rings. The monoisotopic (exact) mass is 264 g/mol. The average molecular weight is 264 g/mol. The largest absolute Gasteiger partial charge is 0.465 e. The van der Waals surface area contributed by atoms with E-state index in [2.05, 4.69) is 17.1 Å². The first-order chi connectivity index (χ1) is 9.19. The number of carbonyl (C=O) groups is 1. The molecular weight excluding hydrogens is 240 g/mol. The molecule has 1 unspecified atom stereocenters. The number of benzene rings is 1. The molecule has 4 nitrogen and oxygen atoms in total. The van der Waals surface area contributed by atoms with Gasteiger partial charge in [0.25, 0.3) is 0 Å². The van der Waals surface area contributed by atoms with Gasteiger partial charge >= 0.3 is 5.97 Å². The molecule has 0 heterocycles. The fourth-order valence-electron chi connectivity index (χ4n) is 1.85. The lowest BCUT2D eigenvalue weighted by Crippen LogP contribution is -2.46. The Balaban J connectivity index is 2.63. The fourth-order valence-corrected chi connectivity index (χ4v) is 1.85. The highest BCUT2D eigenvalue weighted by atomic mass is 16.5. The molecule has 0 aliphatic carbocycles. The van der Waals surface area contributed by atoms with Gasteiger partial charge in [-0.3, -0.25) is 4.79 Å². The van der Waals surface area contributed by atoms with E-state index < -0.39 is 0 Å². The molecule has 1 aromatic rings. The van der Waals surface area contributed by atoms with E-state index in [4.69, 9.17) is 4.74 Å². The molecule has 0 radical (unpaired) electrons. The molecule has 0 aliphatic heterocycles. The molecule has 0 saturated carbocycles. The second-order valence-electron chi connectivity index (χ2n) is 4.47. The van der Waals surface area contributed by atoms with Crippen molar-refractivity contribution in [2.75, 3.05) is 31.6 Å². The quantitative estimate of drug-likeness (QED) is 0.730. The van der Waals surface area contributed by atoms with Crippen molar-refractivity contribution >= 4 is 11.7 Å². The van der Waals surface area contributed by atoms with Gasteiger partial charge in [-0.25, -0.2) is 0 Å². The third kappa shape index (κ3) is 5.30. The van der Waals surface area contributed by atoms with Gasteiger partial charge in [-0.1, -0.05) is 25.1 Å². The molecule has 1 aromatic carbocycles. The number of hydrogen-bond acceptors (Lipinski definition) is 4. The lowest BCUT2D eigenvalue weighted by Gasteiger charge is -2.25. The normalized spacial score (nSPS) is 11.9. The number of likely N-dealkylation sites (N-methyl/N-ethyl adjacent to an activating group) is 1. The first kappa shape index (κ1) is 15.5. The second-order valence-corrected chi connectivity index (χ2v) is 4.47. The standard InChI is InChI=1S/C15H24N2O2/c1-4-11-16-14(15(18)19-5-2)12-17(3)13-9-7-6-8-10-13/h6-10,14,16H,4-5,11-12H2,1-3H3. The number of esters is 1. The summed E-state index contributed by atoms with van der Waals surface area (Å²) >= 11 is 0. The van der Waals surface area contributed by atoms with Crippen molar-refractivity contribution < 1.29 is 9.53 Å². The van der Waals surface area contributed by atoms with Crippen molar-refractivity contribution in [2.24, 2.45) is 0 Å². The maximum Gasteiger partial charge on any atom is 0.324 e. The number of nitrogens with one attached hydrogen (secondary N) is 1. The first-order valence-electron chi connectivity index (χ1n) is 6.85. The van der Waals surface area contributed by atoms with Gasteiger partial charge in [0.1, 0.15) is 6.04 Å². The predicted octanol–water partition coefficient (Wildman–Crippen LogP) is 2.05. The number of ether oxygens (including phenoxy) is 1. The van der Waals surface area contributed by atoms with Gasteiger partial charge in [0.05, 0.1) is 6.61 Å². The van der Waals surface area contributed by atoms with E-state index in [0.717, 1.165) is 18.7 Å². The minimum atomic E-state index is -0.287. The number of nitrogens with zero attached hydrogens (tertiary/aromatic N) is 1. The molecule has 4 heteroatoms. The maximum atomic E-state index is 11.9. The van der Waals surface area contributed by atoms with Crippen LogP contribution >= 0.6 is 0 Å². The molecular formula is C15H24N2O2. The van der Waals surface area contributed by atoms with Gasteiger partial charge in [-0.05, 0) is 32.0 Å². The van der Waals surface area contributed by atoms with E-state index in [1.54, 1.807) is 0 Å². The smallest absolute Gasteiger partial charge is 0.324 e. The summed E-state index contributed by atoms with van der Waals surface area (Å²) in [6.45, 7) is 5.74. The van der Waals surface area contributed by atoms with Crippen LogP contribution in [-0.2, 0) is 9.53 Å². The van der Waals surface area contributed by atoms with Crippen LogP contribution in [0.2, 0.25) is 0 Å². The van der Waals surface area contributed by atoms with Crippen molar-refractivity contribution in [1.29, 1.82) is 0 Å². The summed E-state index contributed by atoms with van der Waals surface area (Å²) in [4.78, 5) is 14.0. The highest BCUT2D eigenvalue weighted by Gasteiger charge is 2.20. The number of carbonyl (C=O) groups excluding carboxylic acids is 1. The maximum absolute atomic E-state index is 11.9. The van der Waals surface area contributed by atoms with Crippen LogP contribution in [0.3, 0.4) is 0 Å². The summed E-state index contributed by atoms with van der Waals surface area (Å²) < 4.78 is 5.11. The Labute approximate surface area is 115 Å². The molecule has 0 spiro atoms. The zero-order chi connectivity index (χ0) is 14.1. The van der Waals surface area contributed by atoms with Gasteiger partial charge in [0, 0.05) is 19.3 Å². The lowest BCUT2D eigenvalue weighted by molar-refractivity contribution is -0.145. The highest BCUT2D eigenvalue weighted by molar-refractivity contribution is 5.76. The van der Waals surface area contributed by atoms with Crippen LogP contribution in [-0.4, -0.2) is 38.8 Å². The second kappa shape index (κ2) is 8.53. The third-order valence-corrected chi connectivity index (χ3v) is 2.87. The number of para-hydroxylation sites is 1. The van der Waals surface area contributed by atoms with Gasteiger partial charge in [-0.2, -0.15) is 0 Å². The van der Waals surface area contributed by atoms with Gasteiger partial charge in [-0.15, -0.1) is 0 Å². The Morgan fingerprint density at radius 3 is 2.58 bits per heavy atom. The van der Waals surface area contributed by atoms with Crippen LogP contribution in [0.1, 0.15) is 20.3 Å². The Bertz CT molecular complexity index is 368. The van der Waals surface area contributed by atoms with Crippen LogP contribution in [0.5, 0.6) is 0 Å². The summed E-state index contributed by atoms with van der Waals surface area (Å²) in [6.07, 6.45) is 0.991. The Hall–Kier alpha value is -1.55. The zero-order valence-electron chi connectivity index (χ0n) is 12.1. The van der Waals surface area contributed by atoms with Crippen molar-refractivity contribution in [3.63, 3.8) is 0 Å². The van der Waals surface area contributed by atoms with Crippen molar-refractivity contribution in [3.05, 3.63) is 30.3 Å². The molecule has 0 aromatic heterocycles. The van der Waals surface area contributed by atoms with E-state index in [1.165, 1.54) is 0 Å². The van der Waals surface area contributed by atoms with E-state index >= 15 is 0 Å². The molecule has 19 heavy (non-hydrogen) atoms. The first-order valence-corrected chi connectivity index (χ1v) is 6.85. The average Bonchev–Trinajstić information content (AvgIpc) is 2.44. The molecule has 0 saturated heterocycles. The molecule has 0 fully saturated rings. The minimum Gasteiger partial charge on any atom is -0.465 e. The number of hydrogen-bond donors (Lipinski definition) is 1. The van der Waals surface area contributed by atoms with E-state index in [0.29, 0.717) is 13.2 Å². The Morgan fingerprint density at radius 2 is 2.00 bits per heavy atom. The van der Waals surface area contributed by atoms with Crippen molar-refractivity contribution in [3.8, 4) is 0 Å². The number of anilines is 1. The predicted molar refractivity (Wildman–Crippen MR) is 78.4 cm³/mol. The summed E-state index contributed by atoms with van der Waals surface area (Å²) in [5.74, 6) is -0.182. The topological polar surface area (TPSA) is 41.6 Å². The zero-order valence-corrected chi connectivity index (χ0v) is 12.1. The Kier molecular flexibility index (Phi) is 6.97. The number of rotatable bonds is 8. The van der Waals surface area contributed by atoms with Crippen LogP contribution in [0, 0.1) is 0 Å². The van der Waals surface area contributed by atoms with Crippen molar-refractivity contribution in [2.45, 2.75) is 26.3 Å². The Morgan fingerprint density at radius 1 is 1.32 bits per heavy atom. The van der Waals surface area contributed by atoms with Crippen LogP contribution in [0.4, 0.5) is 5.69 Å². The molecule has 0 amide bonds. The van der Waals surface area contributed by atoms with Gasteiger partial charge in [0.15, 0.2) is 0 Å². The highest BCUT2D eigenvalue weighted by Crippen LogP contribution is 2.11. The fraction of sp³-hybridized carbons (Fsp3) is 0.533. The SMILES string of the molecule is CCCNC(CN(C)c1ccccc1)C(=O)OCC. The summed E-state index contributed by atoms with van der Waals surface area (Å²) in [6, 6.07) is 9.74. The van der Waals surface area contributed by atoms with E-state index in [1.807, 2.05) is 44.3 Å². The molecule has 1 atom stereocenters. The van der Waals surface area contributed by atoms with Crippen LogP contribution in [0.25, 0.3) is 0 Å². The van der Waals surface area contributed by atoms with E-state index in [-0.39, 0.29) is 12.0 Å². The molecule has 106 valence electrons. The van der Waals surface area contributed by atoms with E-state index in [9.17, 15) is 4.79 Å². The summed E-state index contributed by atoms with van der Waals surface area (Å²) in [5, 5.41) is 3.24. The van der Waals surface area contributed by atoms with Crippen LogP contribution in [0.15, 0.2) is 30.3 Å². The molecule has 1 N–H and O–H groups in total. The minimum absolute atomic E-state index is 0.182.